The SMILES string of the molecule is Cc1ccc(C(C)C(C)O)c(Br)c1. The fraction of sp³-hybridized carbons (Fsp3) is 0.455. The van der Waals surface area contributed by atoms with Gasteiger partial charge in [0.15, 0.2) is 0 Å². The Bertz CT molecular complexity index is 294. The van der Waals surface area contributed by atoms with Crippen molar-refractivity contribution in [3.8, 4) is 0 Å². The van der Waals surface area contributed by atoms with Gasteiger partial charge < -0.3 is 5.11 Å². The van der Waals surface area contributed by atoms with Crippen molar-refractivity contribution in [3.05, 3.63) is 33.8 Å². The van der Waals surface area contributed by atoms with Crippen LogP contribution in [0.3, 0.4) is 0 Å². The second kappa shape index (κ2) is 4.25. The second-order valence-electron chi connectivity index (χ2n) is 3.55. The number of aryl methyl sites for hydroxylation is 1. The van der Waals surface area contributed by atoms with Crippen molar-refractivity contribution in [1.82, 2.24) is 0 Å². The van der Waals surface area contributed by atoms with Gasteiger partial charge in [-0.2, -0.15) is 0 Å². The van der Waals surface area contributed by atoms with E-state index in [2.05, 4.69) is 41.1 Å². The molecule has 0 spiro atoms. The van der Waals surface area contributed by atoms with Crippen LogP contribution in [0.1, 0.15) is 30.9 Å². The summed E-state index contributed by atoms with van der Waals surface area (Å²) in [5.41, 5.74) is 2.40. The summed E-state index contributed by atoms with van der Waals surface area (Å²) in [6.07, 6.45) is -0.306. The maximum absolute atomic E-state index is 9.45. The molecule has 0 radical (unpaired) electrons. The van der Waals surface area contributed by atoms with Crippen LogP contribution in [0.4, 0.5) is 0 Å². The number of aliphatic hydroxyl groups is 1. The first kappa shape index (κ1) is 10.7. The Morgan fingerprint density at radius 2 is 1.92 bits per heavy atom. The van der Waals surface area contributed by atoms with Crippen LogP contribution in [-0.2, 0) is 0 Å². The van der Waals surface area contributed by atoms with E-state index in [-0.39, 0.29) is 12.0 Å². The quantitative estimate of drug-likeness (QED) is 0.845. The fourth-order valence-electron chi connectivity index (χ4n) is 1.26. The molecular weight excluding hydrogens is 228 g/mol. The highest BCUT2D eigenvalue weighted by Crippen LogP contribution is 2.27. The Balaban J connectivity index is 3.01. The first-order chi connectivity index (χ1) is 6.02. The predicted molar refractivity (Wildman–Crippen MR) is 59.0 cm³/mol. The zero-order valence-electron chi connectivity index (χ0n) is 8.21. The normalized spacial score (nSPS) is 15.5. The molecule has 0 amide bonds. The van der Waals surface area contributed by atoms with Crippen molar-refractivity contribution in [2.24, 2.45) is 0 Å². The fourth-order valence-corrected chi connectivity index (χ4v) is 2.12. The molecule has 13 heavy (non-hydrogen) atoms. The second-order valence-corrected chi connectivity index (χ2v) is 4.41. The summed E-state index contributed by atoms with van der Waals surface area (Å²) >= 11 is 3.50. The van der Waals surface area contributed by atoms with Crippen molar-refractivity contribution in [3.63, 3.8) is 0 Å². The number of benzene rings is 1. The van der Waals surface area contributed by atoms with Crippen LogP contribution in [-0.4, -0.2) is 11.2 Å². The smallest absolute Gasteiger partial charge is 0.0578 e. The lowest BCUT2D eigenvalue weighted by molar-refractivity contribution is 0.168. The zero-order valence-corrected chi connectivity index (χ0v) is 9.80. The van der Waals surface area contributed by atoms with Gasteiger partial charge in [0.05, 0.1) is 6.10 Å². The molecule has 0 aliphatic heterocycles. The highest BCUT2D eigenvalue weighted by molar-refractivity contribution is 9.10. The average molecular weight is 243 g/mol. The number of hydrogen-bond acceptors (Lipinski definition) is 1. The number of aliphatic hydroxyl groups excluding tert-OH is 1. The molecule has 0 bridgehead atoms. The number of hydrogen-bond donors (Lipinski definition) is 1. The van der Waals surface area contributed by atoms with Crippen molar-refractivity contribution in [1.29, 1.82) is 0 Å². The van der Waals surface area contributed by atoms with Gasteiger partial charge >= 0.3 is 0 Å². The van der Waals surface area contributed by atoms with Gasteiger partial charge in [0.2, 0.25) is 0 Å². The van der Waals surface area contributed by atoms with Gasteiger partial charge in [0, 0.05) is 10.4 Å². The van der Waals surface area contributed by atoms with E-state index in [1.807, 2.05) is 13.8 Å². The first-order valence-electron chi connectivity index (χ1n) is 4.46. The molecule has 2 unspecified atom stereocenters. The summed E-state index contributed by atoms with van der Waals surface area (Å²) in [6.45, 7) is 5.90. The van der Waals surface area contributed by atoms with Gasteiger partial charge in [-0.3, -0.25) is 0 Å². The minimum atomic E-state index is -0.306. The van der Waals surface area contributed by atoms with Crippen LogP contribution in [0.15, 0.2) is 22.7 Å². The molecule has 2 atom stereocenters. The summed E-state index contributed by atoms with van der Waals surface area (Å²) in [5.74, 6) is 0.176. The Labute approximate surface area is 87.9 Å². The Morgan fingerprint density at radius 3 is 2.38 bits per heavy atom. The Hall–Kier alpha value is -0.340. The topological polar surface area (TPSA) is 20.2 Å². The lowest BCUT2D eigenvalue weighted by atomic mass is 9.96. The summed E-state index contributed by atoms with van der Waals surface area (Å²) < 4.78 is 1.08. The van der Waals surface area contributed by atoms with Crippen LogP contribution in [0.2, 0.25) is 0 Å². The Morgan fingerprint density at radius 1 is 1.31 bits per heavy atom. The molecule has 1 N–H and O–H groups in total. The molecule has 0 heterocycles. The largest absolute Gasteiger partial charge is 0.393 e. The van der Waals surface area contributed by atoms with E-state index < -0.39 is 0 Å². The van der Waals surface area contributed by atoms with Crippen LogP contribution < -0.4 is 0 Å². The van der Waals surface area contributed by atoms with Crippen molar-refractivity contribution >= 4 is 15.9 Å². The highest BCUT2D eigenvalue weighted by atomic mass is 79.9. The third-order valence-corrected chi connectivity index (χ3v) is 3.06. The molecule has 0 saturated carbocycles. The Kier molecular flexibility index (Phi) is 3.51. The van der Waals surface area contributed by atoms with E-state index in [1.165, 1.54) is 11.1 Å². The van der Waals surface area contributed by atoms with Crippen molar-refractivity contribution in [2.45, 2.75) is 32.8 Å². The molecule has 2 heteroatoms. The van der Waals surface area contributed by atoms with Gasteiger partial charge in [-0.25, -0.2) is 0 Å². The lowest BCUT2D eigenvalue weighted by Crippen LogP contribution is -2.11. The van der Waals surface area contributed by atoms with E-state index in [0.29, 0.717) is 0 Å². The summed E-state index contributed by atoms with van der Waals surface area (Å²) in [5, 5.41) is 9.45. The third-order valence-electron chi connectivity index (χ3n) is 2.37. The van der Waals surface area contributed by atoms with E-state index in [1.54, 1.807) is 0 Å². The molecule has 1 nitrogen and oxygen atoms in total. The third kappa shape index (κ3) is 2.55. The first-order valence-corrected chi connectivity index (χ1v) is 5.25. The highest BCUT2D eigenvalue weighted by Gasteiger charge is 2.13. The van der Waals surface area contributed by atoms with E-state index in [9.17, 15) is 5.11 Å². The molecule has 0 aromatic heterocycles. The van der Waals surface area contributed by atoms with Gasteiger partial charge in [-0.05, 0) is 31.0 Å². The molecule has 0 fully saturated rings. The van der Waals surface area contributed by atoms with Gasteiger partial charge in [-0.1, -0.05) is 35.0 Å². The van der Waals surface area contributed by atoms with Gasteiger partial charge in [0.1, 0.15) is 0 Å². The maximum Gasteiger partial charge on any atom is 0.0578 e. The van der Waals surface area contributed by atoms with Crippen molar-refractivity contribution in [2.75, 3.05) is 0 Å². The standard InChI is InChI=1S/C11H15BrO/c1-7-4-5-10(11(12)6-7)8(2)9(3)13/h4-6,8-9,13H,1-3H3. The number of halogens is 1. The molecule has 0 aliphatic rings. The molecule has 1 aromatic carbocycles. The van der Waals surface area contributed by atoms with Gasteiger partial charge in [-0.15, -0.1) is 0 Å². The van der Waals surface area contributed by atoms with E-state index in [0.717, 1.165) is 4.47 Å². The predicted octanol–water partition coefficient (Wildman–Crippen LogP) is 3.24. The number of rotatable bonds is 2. The monoisotopic (exact) mass is 242 g/mol. The molecule has 0 aliphatic carbocycles. The summed E-state index contributed by atoms with van der Waals surface area (Å²) in [6, 6.07) is 6.21. The van der Waals surface area contributed by atoms with Crippen LogP contribution in [0.25, 0.3) is 0 Å². The van der Waals surface area contributed by atoms with Crippen molar-refractivity contribution < 1.29 is 5.11 Å². The maximum atomic E-state index is 9.45. The van der Waals surface area contributed by atoms with Crippen LogP contribution >= 0.6 is 15.9 Å². The molecule has 0 saturated heterocycles. The van der Waals surface area contributed by atoms with Crippen LogP contribution in [0, 0.1) is 6.92 Å². The zero-order chi connectivity index (χ0) is 10.0. The molecular formula is C11H15BrO. The summed E-state index contributed by atoms with van der Waals surface area (Å²) in [4.78, 5) is 0. The molecule has 72 valence electrons. The summed E-state index contributed by atoms with van der Waals surface area (Å²) in [7, 11) is 0. The molecule has 1 rings (SSSR count). The lowest BCUT2D eigenvalue weighted by Gasteiger charge is -2.16. The average Bonchev–Trinajstić information content (AvgIpc) is 2.03. The van der Waals surface area contributed by atoms with Crippen LogP contribution in [0.5, 0.6) is 0 Å². The van der Waals surface area contributed by atoms with E-state index >= 15 is 0 Å². The van der Waals surface area contributed by atoms with E-state index in [4.69, 9.17) is 0 Å². The minimum Gasteiger partial charge on any atom is -0.393 e. The minimum absolute atomic E-state index is 0.176. The molecule has 1 aromatic rings. The van der Waals surface area contributed by atoms with Gasteiger partial charge in [0.25, 0.3) is 0 Å².